The first kappa shape index (κ1) is 13.7. The smallest absolute Gasteiger partial charge is 0.133 e. The first-order valence-corrected chi connectivity index (χ1v) is 5.78. The SMILES string of the molecule is COc1ccc(CC(C(C)=O)C(C)C)c(F)c1. The molecule has 17 heavy (non-hydrogen) atoms. The van der Waals surface area contributed by atoms with Crippen molar-refractivity contribution in [2.24, 2.45) is 11.8 Å². The summed E-state index contributed by atoms with van der Waals surface area (Å²) < 4.78 is 18.7. The molecule has 0 bridgehead atoms. The molecule has 0 aliphatic carbocycles. The van der Waals surface area contributed by atoms with Crippen molar-refractivity contribution in [2.45, 2.75) is 27.2 Å². The average molecular weight is 238 g/mol. The standard InChI is InChI=1S/C14H19FO2/c1-9(2)13(10(3)16)7-11-5-6-12(17-4)8-14(11)15/h5-6,8-9,13H,7H2,1-4H3. The molecule has 0 amide bonds. The van der Waals surface area contributed by atoms with E-state index in [1.165, 1.54) is 13.2 Å². The first-order chi connectivity index (χ1) is 7.95. The third-order valence-electron chi connectivity index (χ3n) is 3.03. The van der Waals surface area contributed by atoms with E-state index in [2.05, 4.69) is 0 Å². The molecular weight excluding hydrogens is 219 g/mol. The summed E-state index contributed by atoms with van der Waals surface area (Å²) in [5.41, 5.74) is 0.569. The molecule has 0 saturated heterocycles. The monoisotopic (exact) mass is 238 g/mol. The zero-order chi connectivity index (χ0) is 13.0. The Hall–Kier alpha value is -1.38. The summed E-state index contributed by atoms with van der Waals surface area (Å²) >= 11 is 0. The molecule has 0 spiro atoms. The van der Waals surface area contributed by atoms with E-state index in [4.69, 9.17) is 4.74 Å². The van der Waals surface area contributed by atoms with Crippen LogP contribution in [0.25, 0.3) is 0 Å². The lowest BCUT2D eigenvalue weighted by Crippen LogP contribution is -2.20. The number of ether oxygens (including phenoxy) is 1. The predicted octanol–water partition coefficient (Wildman–Crippen LogP) is 3.24. The fourth-order valence-electron chi connectivity index (χ4n) is 1.91. The maximum atomic E-state index is 13.7. The number of hydrogen-bond acceptors (Lipinski definition) is 2. The molecule has 94 valence electrons. The molecule has 0 aromatic heterocycles. The molecule has 1 rings (SSSR count). The van der Waals surface area contributed by atoms with Gasteiger partial charge < -0.3 is 4.74 Å². The van der Waals surface area contributed by atoms with E-state index in [9.17, 15) is 9.18 Å². The molecule has 1 unspecified atom stereocenters. The molecule has 0 heterocycles. The fraction of sp³-hybridized carbons (Fsp3) is 0.500. The second-order valence-electron chi connectivity index (χ2n) is 4.62. The molecule has 1 atom stereocenters. The van der Waals surface area contributed by atoms with Gasteiger partial charge in [0.1, 0.15) is 17.3 Å². The highest BCUT2D eigenvalue weighted by molar-refractivity contribution is 5.78. The largest absolute Gasteiger partial charge is 0.497 e. The van der Waals surface area contributed by atoms with Gasteiger partial charge in [0.15, 0.2) is 0 Å². The number of ketones is 1. The Morgan fingerprint density at radius 2 is 2.06 bits per heavy atom. The van der Waals surface area contributed by atoms with E-state index in [1.807, 2.05) is 13.8 Å². The molecule has 1 aromatic rings. The highest BCUT2D eigenvalue weighted by Gasteiger charge is 2.20. The van der Waals surface area contributed by atoms with Crippen LogP contribution in [0.1, 0.15) is 26.3 Å². The van der Waals surface area contributed by atoms with Crippen LogP contribution in [0, 0.1) is 17.7 Å². The Balaban J connectivity index is 2.90. The predicted molar refractivity (Wildman–Crippen MR) is 65.7 cm³/mol. The molecule has 0 fully saturated rings. The van der Waals surface area contributed by atoms with Crippen molar-refractivity contribution in [3.05, 3.63) is 29.6 Å². The molecule has 3 heteroatoms. The van der Waals surface area contributed by atoms with Crippen LogP contribution in [0.3, 0.4) is 0 Å². The molecule has 0 aliphatic rings. The Morgan fingerprint density at radius 3 is 2.47 bits per heavy atom. The molecular formula is C14H19FO2. The van der Waals surface area contributed by atoms with Gasteiger partial charge in [0.25, 0.3) is 0 Å². The topological polar surface area (TPSA) is 26.3 Å². The maximum Gasteiger partial charge on any atom is 0.133 e. The number of hydrogen-bond donors (Lipinski definition) is 0. The third-order valence-corrected chi connectivity index (χ3v) is 3.03. The van der Waals surface area contributed by atoms with Gasteiger partial charge in [-0.25, -0.2) is 4.39 Å². The summed E-state index contributed by atoms with van der Waals surface area (Å²) in [5.74, 6) is 0.383. The van der Waals surface area contributed by atoms with Crippen molar-refractivity contribution in [1.29, 1.82) is 0 Å². The third kappa shape index (κ3) is 3.55. The summed E-state index contributed by atoms with van der Waals surface area (Å²) in [6.07, 6.45) is 0.447. The Bertz CT molecular complexity index is 399. The van der Waals surface area contributed by atoms with Crippen LogP contribution in [0.4, 0.5) is 4.39 Å². The Labute approximate surface area is 102 Å². The van der Waals surface area contributed by atoms with Crippen molar-refractivity contribution in [2.75, 3.05) is 7.11 Å². The lowest BCUT2D eigenvalue weighted by atomic mass is 9.86. The van der Waals surface area contributed by atoms with Gasteiger partial charge in [-0.2, -0.15) is 0 Å². The van der Waals surface area contributed by atoms with Crippen LogP contribution in [-0.4, -0.2) is 12.9 Å². The normalized spacial score (nSPS) is 12.6. The highest BCUT2D eigenvalue weighted by atomic mass is 19.1. The number of halogens is 1. The summed E-state index contributed by atoms with van der Waals surface area (Å²) in [4.78, 5) is 11.5. The number of carbonyl (C=O) groups excluding carboxylic acids is 1. The van der Waals surface area contributed by atoms with Crippen LogP contribution in [0.2, 0.25) is 0 Å². The zero-order valence-electron chi connectivity index (χ0n) is 10.8. The van der Waals surface area contributed by atoms with E-state index in [0.717, 1.165) is 0 Å². The van der Waals surface area contributed by atoms with Crippen molar-refractivity contribution >= 4 is 5.78 Å². The van der Waals surface area contributed by atoms with Gasteiger partial charge >= 0.3 is 0 Å². The summed E-state index contributed by atoms with van der Waals surface area (Å²) in [6.45, 7) is 5.52. The summed E-state index contributed by atoms with van der Waals surface area (Å²) in [6, 6.07) is 4.76. The lowest BCUT2D eigenvalue weighted by molar-refractivity contribution is -0.121. The van der Waals surface area contributed by atoms with Crippen LogP contribution in [0.15, 0.2) is 18.2 Å². The second-order valence-corrected chi connectivity index (χ2v) is 4.62. The number of benzene rings is 1. The second kappa shape index (κ2) is 5.80. The van der Waals surface area contributed by atoms with Gasteiger partial charge in [0, 0.05) is 12.0 Å². The summed E-state index contributed by atoms with van der Waals surface area (Å²) in [7, 11) is 1.50. The minimum absolute atomic E-state index is 0.107. The van der Waals surface area contributed by atoms with Crippen LogP contribution in [-0.2, 0) is 11.2 Å². The van der Waals surface area contributed by atoms with Gasteiger partial charge in [0.2, 0.25) is 0 Å². The van der Waals surface area contributed by atoms with E-state index in [-0.39, 0.29) is 23.4 Å². The minimum Gasteiger partial charge on any atom is -0.497 e. The first-order valence-electron chi connectivity index (χ1n) is 5.78. The van der Waals surface area contributed by atoms with Gasteiger partial charge in [-0.15, -0.1) is 0 Å². The van der Waals surface area contributed by atoms with Gasteiger partial charge in [-0.1, -0.05) is 19.9 Å². The van der Waals surface area contributed by atoms with Crippen molar-refractivity contribution in [3.8, 4) is 5.75 Å². The van der Waals surface area contributed by atoms with Crippen LogP contribution < -0.4 is 4.74 Å². The van der Waals surface area contributed by atoms with Crippen molar-refractivity contribution in [3.63, 3.8) is 0 Å². The van der Waals surface area contributed by atoms with E-state index in [0.29, 0.717) is 17.7 Å². The van der Waals surface area contributed by atoms with E-state index >= 15 is 0 Å². The number of rotatable bonds is 5. The van der Waals surface area contributed by atoms with Crippen LogP contribution >= 0.6 is 0 Å². The Morgan fingerprint density at radius 1 is 1.41 bits per heavy atom. The van der Waals surface area contributed by atoms with Gasteiger partial charge in [-0.05, 0) is 30.9 Å². The van der Waals surface area contributed by atoms with E-state index < -0.39 is 0 Å². The molecule has 0 radical (unpaired) electrons. The molecule has 2 nitrogen and oxygen atoms in total. The van der Waals surface area contributed by atoms with Crippen molar-refractivity contribution in [1.82, 2.24) is 0 Å². The molecule has 1 aromatic carbocycles. The molecule has 0 saturated carbocycles. The van der Waals surface area contributed by atoms with E-state index in [1.54, 1.807) is 19.1 Å². The maximum absolute atomic E-state index is 13.7. The van der Waals surface area contributed by atoms with Gasteiger partial charge in [-0.3, -0.25) is 4.79 Å². The van der Waals surface area contributed by atoms with Crippen molar-refractivity contribution < 1.29 is 13.9 Å². The summed E-state index contributed by atoms with van der Waals surface area (Å²) in [5, 5.41) is 0. The number of Topliss-reactive ketones (excluding diaryl/α,β-unsaturated/α-hetero) is 1. The minimum atomic E-state index is -0.309. The lowest BCUT2D eigenvalue weighted by Gasteiger charge is -2.18. The quantitative estimate of drug-likeness (QED) is 0.787. The molecule has 0 N–H and O–H groups in total. The van der Waals surface area contributed by atoms with Gasteiger partial charge in [0.05, 0.1) is 7.11 Å². The molecule has 0 aliphatic heterocycles. The highest BCUT2D eigenvalue weighted by Crippen LogP contribution is 2.23. The fourth-order valence-corrected chi connectivity index (χ4v) is 1.91. The zero-order valence-corrected chi connectivity index (χ0v) is 10.8. The van der Waals surface area contributed by atoms with Crippen LogP contribution in [0.5, 0.6) is 5.75 Å². The Kier molecular flexibility index (Phi) is 4.67. The average Bonchev–Trinajstić information content (AvgIpc) is 2.26. The number of methoxy groups -OCH3 is 1. The number of carbonyl (C=O) groups is 1.